The Bertz CT molecular complexity index is 197. The Morgan fingerprint density at radius 1 is 1.31 bits per heavy atom. The van der Waals surface area contributed by atoms with Crippen molar-refractivity contribution in [1.82, 2.24) is 4.90 Å². The Kier molecular flexibility index (Phi) is 4.70. The van der Waals surface area contributed by atoms with E-state index in [1.54, 1.807) is 0 Å². The van der Waals surface area contributed by atoms with Gasteiger partial charge in [0.1, 0.15) is 0 Å². The molecule has 0 aliphatic heterocycles. The van der Waals surface area contributed by atoms with Crippen LogP contribution in [0.4, 0.5) is 0 Å². The molecule has 0 rings (SSSR count). The van der Waals surface area contributed by atoms with E-state index in [9.17, 15) is 4.79 Å². The average molecular weight is 185 g/mol. The Labute approximate surface area is 80.4 Å². The number of rotatable bonds is 4. The van der Waals surface area contributed by atoms with Gasteiger partial charge in [0.25, 0.3) is 0 Å². The van der Waals surface area contributed by atoms with Crippen LogP contribution in [0.25, 0.3) is 0 Å². The van der Waals surface area contributed by atoms with E-state index < -0.39 is 0 Å². The van der Waals surface area contributed by atoms with E-state index in [4.69, 9.17) is 4.74 Å². The van der Waals surface area contributed by atoms with E-state index in [0.717, 1.165) is 0 Å². The summed E-state index contributed by atoms with van der Waals surface area (Å²) in [6.07, 6.45) is -0.206. The van der Waals surface area contributed by atoms with Gasteiger partial charge in [-0.1, -0.05) is 20.4 Å². The summed E-state index contributed by atoms with van der Waals surface area (Å²) in [5.74, 6) is -0.168. The van der Waals surface area contributed by atoms with Gasteiger partial charge in [-0.05, 0) is 26.9 Å². The lowest BCUT2D eigenvalue weighted by Gasteiger charge is -2.21. The van der Waals surface area contributed by atoms with Crippen LogP contribution in [0.15, 0.2) is 12.2 Å². The van der Waals surface area contributed by atoms with Gasteiger partial charge < -0.3 is 4.74 Å². The highest BCUT2D eigenvalue weighted by Crippen LogP contribution is 2.10. The monoisotopic (exact) mass is 185 g/mol. The lowest BCUT2D eigenvalue weighted by molar-refractivity contribution is -0.150. The number of carbonyl (C=O) groups is 1. The molecule has 76 valence electrons. The molecule has 0 aliphatic rings. The van der Waals surface area contributed by atoms with Gasteiger partial charge in [-0.25, -0.2) is 4.79 Å². The zero-order chi connectivity index (χ0) is 10.6. The van der Waals surface area contributed by atoms with Gasteiger partial charge in [-0.2, -0.15) is 0 Å². The second kappa shape index (κ2) is 5.02. The molecule has 0 radical (unpaired) electrons. The molecule has 0 bridgehead atoms. The first-order chi connectivity index (χ1) is 5.86. The van der Waals surface area contributed by atoms with Gasteiger partial charge in [-0.3, -0.25) is 4.90 Å². The third-order valence-corrected chi connectivity index (χ3v) is 1.96. The molecule has 1 atom stereocenters. The maximum atomic E-state index is 11.4. The fourth-order valence-electron chi connectivity index (χ4n) is 0.572. The lowest BCUT2D eigenvalue weighted by atomic mass is 10.1. The number of ether oxygens (including phenoxy) is 1. The summed E-state index contributed by atoms with van der Waals surface area (Å²) < 4.78 is 5.12. The SMILES string of the molecule is C=C(C(=O)OC(C)N(C)C)C(C)C. The summed E-state index contributed by atoms with van der Waals surface area (Å²) in [7, 11) is 3.71. The maximum Gasteiger partial charge on any atom is 0.335 e. The molecule has 0 aromatic heterocycles. The second-order valence-corrected chi connectivity index (χ2v) is 3.65. The lowest BCUT2D eigenvalue weighted by Crippen LogP contribution is -2.30. The Hall–Kier alpha value is -0.830. The molecule has 0 spiro atoms. The highest BCUT2D eigenvalue weighted by Gasteiger charge is 2.16. The van der Waals surface area contributed by atoms with Gasteiger partial charge in [0.15, 0.2) is 6.23 Å². The van der Waals surface area contributed by atoms with Crippen LogP contribution in [0, 0.1) is 5.92 Å². The largest absolute Gasteiger partial charge is 0.443 e. The Morgan fingerprint density at radius 2 is 1.77 bits per heavy atom. The smallest absolute Gasteiger partial charge is 0.335 e. The average Bonchev–Trinajstić information content (AvgIpc) is 2.02. The van der Waals surface area contributed by atoms with E-state index in [0.29, 0.717) is 5.57 Å². The summed E-state index contributed by atoms with van der Waals surface area (Å²) in [6, 6.07) is 0. The molecule has 0 amide bonds. The number of hydrogen-bond donors (Lipinski definition) is 0. The molecule has 0 aromatic rings. The number of hydrogen-bond acceptors (Lipinski definition) is 3. The summed E-state index contributed by atoms with van der Waals surface area (Å²) >= 11 is 0. The molecular weight excluding hydrogens is 166 g/mol. The molecule has 0 heterocycles. The summed E-state index contributed by atoms with van der Waals surface area (Å²) in [4.78, 5) is 13.2. The van der Waals surface area contributed by atoms with Crippen LogP contribution >= 0.6 is 0 Å². The van der Waals surface area contributed by atoms with Crippen molar-refractivity contribution < 1.29 is 9.53 Å². The first kappa shape index (κ1) is 12.2. The van der Waals surface area contributed by atoms with E-state index in [-0.39, 0.29) is 18.1 Å². The van der Waals surface area contributed by atoms with Gasteiger partial charge in [0, 0.05) is 5.57 Å². The minimum atomic E-state index is -0.309. The van der Waals surface area contributed by atoms with Gasteiger partial charge >= 0.3 is 5.97 Å². The second-order valence-electron chi connectivity index (χ2n) is 3.65. The van der Waals surface area contributed by atoms with E-state index in [1.807, 2.05) is 39.8 Å². The molecule has 0 aliphatic carbocycles. The topological polar surface area (TPSA) is 29.5 Å². The van der Waals surface area contributed by atoms with Crippen molar-refractivity contribution in [3.63, 3.8) is 0 Å². The Balaban J connectivity index is 4.08. The zero-order valence-corrected chi connectivity index (χ0v) is 9.13. The van der Waals surface area contributed by atoms with Crippen LogP contribution in [0.5, 0.6) is 0 Å². The van der Waals surface area contributed by atoms with Crippen LogP contribution in [0.3, 0.4) is 0 Å². The van der Waals surface area contributed by atoms with Gasteiger partial charge in [0.05, 0.1) is 0 Å². The van der Waals surface area contributed by atoms with Crippen molar-refractivity contribution in [3.05, 3.63) is 12.2 Å². The van der Waals surface area contributed by atoms with Gasteiger partial charge in [-0.15, -0.1) is 0 Å². The normalized spacial score (nSPS) is 13.2. The molecule has 13 heavy (non-hydrogen) atoms. The van der Waals surface area contributed by atoms with Crippen LogP contribution in [-0.4, -0.2) is 31.2 Å². The summed E-state index contributed by atoms with van der Waals surface area (Å²) in [6.45, 7) is 9.34. The first-order valence-electron chi connectivity index (χ1n) is 4.42. The van der Waals surface area contributed by atoms with E-state index >= 15 is 0 Å². The van der Waals surface area contributed by atoms with Gasteiger partial charge in [0.2, 0.25) is 0 Å². The summed E-state index contributed by atoms with van der Waals surface area (Å²) in [5, 5.41) is 0. The van der Waals surface area contributed by atoms with Crippen molar-refractivity contribution in [2.45, 2.75) is 27.0 Å². The molecule has 0 saturated heterocycles. The maximum absolute atomic E-state index is 11.4. The molecule has 3 heteroatoms. The fraction of sp³-hybridized carbons (Fsp3) is 0.700. The van der Waals surface area contributed by atoms with Crippen LogP contribution in [0.2, 0.25) is 0 Å². The highest BCUT2D eigenvalue weighted by molar-refractivity contribution is 5.88. The quantitative estimate of drug-likeness (QED) is 0.379. The fourth-order valence-corrected chi connectivity index (χ4v) is 0.572. The number of esters is 1. The molecule has 1 unspecified atom stereocenters. The zero-order valence-electron chi connectivity index (χ0n) is 9.13. The highest BCUT2D eigenvalue weighted by atomic mass is 16.6. The molecule has 0 saturated carbocycles. The third-order valence-electron chi connectivity index (χ3n) is 1.96. The summed E-state index contributed by atoms with van der Waals surface area (Å²) in [5.41, 5.74) is 0.522. The van der Waals surface area contributed by atoms with Crippen molar-refractivity contribution in [2.75, 3.05) is 14.1 Å². The molecule has 0 fully saturated rings. The first-order valence-corrected chi connectivity index (χ1v) is 4.42. The third kappa shape index (κ3) is 4.08. The van der Waals surface area contributed by atoms with E-state index in [2.05, 4.69) is 6.58 Å². The minimum Gasteiger partial charge on any atom is -0.443 e. The molecule has 0 N–H and O–H groups in total. The van der Waals surface area contributed by atoms with Crippen molar-refractivity contribution in [1.29, 1.82) is 0 Å². The predicted molar refractivity (Wildman–Crippen MR) is 53.2 cm³/mol. The van der Waals surface area contributed by atoms with Crippen molar-refractivity contribution >= 4 is 5.97 Å². The predicted octanol–water partition coefficient (Wildman–Crippen LogP) is 1.65. The van der Waals surface area contributed by atoms with Crippen molar-refractivity contribution in [2.24, 2.45) is 5.92 Å². The Morgan fingerprint density at radius 3 is 2.08 bits per heavy atom. The molecule has 0 aromatic carbocycles. The van der Waals surface area contributed by atoms with Crippen molar-refractivity contribution in [3.8, 4) is 0 Å². The van der Waals surface area contributed by atoms with Crippen LogP contribution in [-0.2, 0) is 9.53 Å². The molecule has 3 nitrogen and oxygen atoms in total. The molecular formula is C10H19NO2. The van der Waals surface area contributed by atoms with E-state index in [1.165, 1.54) is 0 Å². The van der Waals surface area contributed by atoms with Crippen LogP contribution in [0.1, 0.15) is 20.8 Å². The minimum absolute atomic E-state index is 0.141. The standard InChI is InChI=1S/C10H19NO2/c1-7(2)8(3)10(12)13-9(4)11(5)6/h7,9H,3H2,1-2,4-6H3. The number of nitrogens with zero attached hydrogens (tertiary/aromatic N) is 1. The van der Waals surface area contributed by atoms with Crippen LogP contribution < -0.4 is 0 Å². The number of carbonyl (C=O) groups excluding carboxylic acids is 1.